The first-order valence-corrected chi connectivity index (χ1v) is 6.56. The summed E-state index contributed by atoms with van der Waals surface area (Å²) in [6, 6.07) is 4.68. The number of hydrogen-bond donors (Lipinski definition) is 1. The van der Waals surface area contributed by atoms with Crippen LogP contribution in [0.2, 0.25) is 0 Å². The van der Waals surface area contributed by atoms with Gasteiger partial charge >= 0.3 is 0 Å². The molecule has 3 rings (SSSR count). The summed E-state index contributed by atoms with van der Waals surface area (Å²) in [5.74, 6) is 1.01. The number of nitrogens with zero attached hydrogens (tertiary/aromatic N) is 4. The number of imidazole rings is 1. The number of anilines is 1. The maximum atomic E-state index is 5.60. The van der Waals surface area contributed by atoms with Crippen molar-refractivity contribution in [3.63, 3.8) is 0 Å². The Morgan fingerprint density at radius 3 is 2.89 bits per heavy atom. The molecule has 96 valence electrons. The maximum Gasteiger partial charge on any atom is 0.153 e. The molecular formula is C13H19N5. The topological polar surface area (TPSA) is 59.5 Å². The molecule has 18 heavy (non-hydrogen) atoms. The molecule has 0 spiro atoms. The van der Waals surface area contributed by atoms with Gasteiger partial charge in [0.15, 0.2) is 5.65 Å². The Bertz CT molecular complexity index is 541. The van der Waals surface area contributed by atoms with Crippen LogP contribution < -0.4 is 10.6 Å². The Morgan fingerprint density at radius 2 is 2.17 bits per heavy atom. The smallest absolute Gasteiger partial charge is 0.153 e. The number of hydrogen-bond acceptors (Lipinski definition) is 4. The number of nitrogens with two attached hydrogens (primary N) is 1. The summed E-state index contributed by atoms with van der Waals surface area (Å²) >= 11 is 0. The van der Waals surface area contributed by atoms with Crippen LogP contribution in [0.15, 0.2) is 18.3 Å². The predicted molar refractivity (Wildman–Crippen MR) is 71.5 cm³/mol. The van der Waals surface area contributed by atoms with Crippen LogP contribution in [-0.4, -0.2) is 27.7 Å². The van der Waals surface area contributed by atoms with Gasteiger partial charge in [0.2, 0.25) is 0 Å². The van der Waals surface area contributed by atoms with Crippen molar-refractivity contribution < 1.29 is 0 Å². The molecule has 0 radical (unpaired) electrons. The van der Waals surface area contributed by atoms with Crippen molar-refractivity contribution >= 4 is 11.5 Å². The van der Waals surface area contributed by atoms with E-state index in [2.05, 4.69) is 22.0 Å². The standard InChI is InChI=1S/C13H19N5/c1-17(11-4-2-3-5-11)13-7-6-12-15-10(8-14)9-18(12)16-13/h6-7,9,11H,2-5,8,14H2,1H3. The molecule has 0 amide bonds. The van der Waals surface area contributed by atoms with Crippen LogP contribution >= 0.6 is 0 Å². The average Bonchev–Trinajstić information content (AvgIpc) is 3.05. The highest BCUT2D eigenvalue weighted by Crippen LogP contribution is 2.25. The molecule has 2 N–H and O–H groups in total. The largest absolute Gasteiger partial charge is 0.355 e. The van der Waals surface area contributed by atoms with Crippen molar-refractivity contribution in [1.82, 2.24) is 14.6 Å². The Morgan fingerprint density at radius 1 is 1.39 bits per heavy atom. The summed E-state index contributed by atoms with van der Waals surface area (Å²) in [6.07, 6.45) is 7.11. The van der Waals surface area contributed by atoms with Crippen LogP contribution in [0.1, 0.15) is 31.4 Å². The maximum absolute atomic E-state index is 5.60. The third-order valence-corrected chi connectivity index (χ3v) is 3.80. The van der Waals surface area contributed by atoms with Crippen molar-refractivity contribution in [1.29, 1.82) is 0 Å². The highest BCUT2D eigenvalue weighted by Gasteiger charge is 2.20. The van der Waals surface area contributed by atoms with Crippen LogP contribution in [0.5, 0.6) is 0 Å². The van der Waals surface area contributed by atoms with E-state index in [0.29, 0.717) is 12.6 Å². The van der Waals surface area contributed by atoms with Crippen molar-refractivity contribution in [3.8, 4) is 0 Å². The second-order valence-corrected chi connectivity index (χ2v) is 4.98. The molecule has 1 fully saturated rings. The van der Waals surface area contributed by atoms with Gasteiger partial charge in [0.1, 0.15) is 5.82 Å². The van der Waals surface area contributed by atoms with E-state index in [0.717, 1.165) is 17.2 Å². The van der Waals surface area contributed by atoms with Crippen LogP contribution in [0.4, 0.5) is 5.82 Å². The first-order chi connectivity index (χ1) is 8.78. The van der Waals surface area contributed by atoms with E-state index in [1.807, 2.05) is 22.8 Å². The summed E-state index contributed by atoms with van der Waals surface area (Å²) in [5, 5.41) is 4.61. The fourth-order valence-corrected chi connectivity index (χ4v) is 2.69. The van der Waals surface area contributed by atoms with Gasteiger partial charge in [-0.2, -0.15) is 0 Å². The van der Waals surface area contributed by atoms with Crippen molar-refractivity contribution in [2.75, 3.05) is 11.9 Å². The molecule has 2 heterocycles. The summed E-state index contributed by atoms with van der Waals surface area (Å²) in [6.45, 7) is 0.456. The monoisotopic (exact) mass is 245 g/mol. The molecule has 1 aliphatic rings. The van der Waals surface area contributed by atoms with Crippen LogP contribution in [0.3, 0.4) is 0 Å². The first-order valence-electron chi connectivity index (χ1n) is 6.56. The lowest BCUT2D eigenvalue weighted by atomic mass is 10.2. The molecular weight excluding hydrogens is 226 g/mol. The van der Waals surface area contributed by atoms with Crippen LogP contribution in [0, 0.1) is 0 Å². The van der Waals surface area contributed by atoms with Gasteiger partial charge < -0.3 is 10.6 Å². The van der Waals surface area contributed by atoms with E-state index in [9.17, 15) is 0 Å². The highest BCUT2D eigenvalue weighted by atomic mass is 15.3. The van der Waals surface area contributed by atoms with E-state index in [-0.39, 0.29) is 0 Å². The Kier molecular flexibility index (Phi) is 2.91. The van der Waals surface area contributed by atoms with Crippen molar-refractivity contribution in [3.05, 3.63) is 24.0 Å². The number of aromatic nitrogens is 3. The van der Waals surface area contributed by atoms with Gasteiger partial charge in [-0.3, -0.25) is 0 Å². The van der Waals surface area contributed by atoms with Crippen LogP contribution in [0.25, 0.3) is 5.65 Å². The zero-order chi connectivity index (χ0) is 12.5. The molecule has 0 aliphatic heterocycles. The lowest BCUT2D eigenvalue weighted by molar-refractivity contribution is 0.640. The molecule has 1 saturated carbocycles. The quantitative estimate of drug-likeness (QED) is 0.891. The lowest BCUT2D eigenvalue weighted by Crippen LogP contribution is -2.29. The van der Waals surface area contributed by atoms with E-state index in [1.165, 1.54) is 25.7 Å². The molecule has 0 bridgehead atoms. The van der Waals surface area contributed by atoms with Gasteiger partial charge in [-0.25, -0.2) is 9.50 Å². The van der Waals surface area contributed by atoms with E-state index in [4.69, 9.17) is 5.73 Å². The van der Waals surface area contributed by atoms with Gasteiger partial charge in [0.05, 0.1) is 11.9 Å². The predicted octanol–water partition coefficient (Wildman–Crippen LogP) is 1.57. The highest BCUT2D eigenvalue weighted by molar-refractivity contribution is 5.47. The van der Waals surface area contributed by atoms with Crippen LogP contribution in [-0.2, 0) is 6.54 Å². The SMILES string of the molecule is CN(c1ccc2nc(CN)cn2n1)C1CCCC1. The normalized spacial score (nSPS) is 16.6. The Hall–Kier alpha value is -1.62. The summed E-state index contributed by atoms with van der Waals surface area (Å²) in [7, 11) is 2.13. The third-order valence-electron chi connectivity index (χ3n) is 3.80. The van der Waals surface area contributed by atoms with Gasteiger partial charge in [-0.1, -0.05) is 12.8 Å². The fraction of sp³-hybridized carbons (Fsp3) is 0.538. The fourth-order valence-electron chi connectivity index (χ4n) is 2.69. The summed E-state index contributed by atoms with van der Waals surface area (Å²) in [5.41, 5.74) is 7.34. The average molecular weight is 245 g/mol. The Balaban J connectivity index is 1.91. The van der Waals surface area contributed by atoms with E-state index < -0.39 is 0 Å². The molecule has 0 atom stereocenters. The van der Waals surface area contributed by atoms with E-state index >= 15 is 0 Å². The molecule has 2 aromatic heterocycles. The number of rotatable bonds is 3. The molecule has 5 nitrogen and oxygen atoms in total. The zero-order valence-electron chi connectivity index (χ0n) is 10.7. The lowest BCUT2D eigenvalue weighted by Gasteiger charge is -2.25. The molecule has 0 aromatic carbocycles. The minimum atomic E-state index is 0.456. The second kappa shape index (κ2) is 4.57. The van der Waals surface area contributed by atoms with Gasteiger partial charge in [0, 0.05) is 19.6 Å². The van der Waals surface area contributed by atoms with E-state index in [1.54, 1.807) is 0 Å². The minimum absolute atomic E-state index is 0.456. The summed E-state index contributed by atoms with van der Waals surface area (Å²) < 4.78 is 1.82. The molecule has 0 unspecified atom stereocenters. The Labute approximate surface area is 107 Å². The molecule has 1 aliphatic carbocycles. The third kappa shape index (κ3) is 1.95. The van der Waals surface area contributed by atoms with Gasteiger partial charge in [-0.15, -0.1) is 5.10 Å². The second-order valence-electron chi connectivity index (χ2n) is 4.98. The number of fused-ring (bicyclic) bond motifs is 1. The molecule has 0 saturated heterocycles. The zero-order valence-corrected chi connectivity index (χ0v) is 10.7. The van der Waals surface area contributed by atoms with Crippen molar-refractivity contribution in [2.24, 2.45) is 5.73 Å². The molecule has 5 heteroatoms. The summed E-state index contributed by atoms with van der Waals surface area (Å²) in [4.78, 5) is 6.67. The van der Waals surface area contributed by atoms with Crippen molar-refractivity contribution in [2.45, 2.75) is 38.3 Å². The first kappa shape index (κ1) is 11.5. The van der Waals surface area contributed by atoms with Gasteiger partial charge in [0.25, 0.3) is 0 Å². The minimum Gasteiger partial charge on any atom is -0.355 e. The van der Waals surface area contributed by atoms with Gasteiger partial charge in [-0.05, 0) is 25.0 Å². The molecule has 2 aromatic rings.